The number of halogens is 1. The zero-order valence-electron chi connectivity index (χ0n) is 16.9. The predicted octanol–water partition coefficient (Wildman–Crippen LogP) is 3.28. The normalized spacial score (nSPS) is 18.1. The molecule has 2 heterocycles. The SMILES string of the molecule is COCCn1c(=NC(=O)C2CCCN2S(=O)(=O)c2ccc(Cl)cc2)sc2ccccc21. The number of aromatic nitrogens is 1. The van der Waals surface area contributed by atoms with E-state index >= 15 is 0 Å². The molecule has 3 aromatic rings. The van der Waals surface area contributed by atoms with E-state index in [2.05, 4.69) is 4.99 Å². The minimum Gasteiger partial charge on any atom is -0.383 e. The lowest BCUT2D eigenvalue weighted by Gasteiger charge is -2.21. The zero-order valence-corrected chi connectivity index (χ0v) is 19.3. The van der Waals surface area contributed by atoms with Gasteiger partial charge in [-0.1, -0.05) is 35.1 Å². The number of fused-ring (bicyclic) bond motifs is 1. The lowest BCUT2D eigenvalue weighted by atomic mass is 10.2. The van der Waals surface area contributed by atoms with Crippen molar-refractivity contribution in [2.45, 2.75) is 30.3 Å². The molecule has 0 radical (unpaired) electrons. The summed E-state index contributed by atoms with van der Waals surface area (Å²) in [6, 6.07) is 13.0. The molecule has 1 saturated heterocycles. The Labute approximate surface area is 189 Å². The minimum atomic E-state index is -3.82. The van der Waals surface area contributed by atoms with Crippen molar-refractivity contribution in [3.8, 4) is 0 Å². The molecule has 0 saturated carbocycles. The van der Waals surface area contributed by atoms with E-state index in [1.807, 2.05) is 28.8 Å². The fourth-order valence-electron chi connectivity index (χ4n) is 3.69. The summed E-state index contributed by atoms with van der Waals surface area (Å²) in [7, 11) is -2.20. The highest BCUT2D eigenvalue weighted by molar-refractivity contribution is 7.89. The summed E-state index contributed by atoms with van der Waals surface area (Å²) in [5.74, 6) is -0.451. The number of rotatable bonds is 6. The molecule has 0 bridgehead atoms. The average Bonchev–Trinajstić information content (AvgIpc) is 3.38. The van der Waals surface area contributed by atoms with Crippen LogP contribution in [0.2, 0.25) is 5.02 Å². The van der Waals surface area contributed by atoms with Crippen molar-refractivity contribution < 1.29 is 17.9 Å². The summed E-state index contributed by atoms with van der Waals surface area (Å²) in [5, 5.41) is 0.452. The number of para-hydroxylation sites is 1. The number of thiazole rings is 1. The number of amides is 1. The van der Waals surface area contributed by atoms with Crippen LogP contribution >= 0.6 is 22.9 Å². The number of ether oxygens (including phenoxy) is 1. The fourth-order valence-corrected chi connectivity index (χ4v) is 6.53. The molecular weight excluding hydrogens is 458 g/mol. The zero-order chi connectivity index (χ0) is 22.0. The summed E-state index contributed by atoms with van der Waals surface area (Å²) in [5.41, 5.74) is 0.966. The van der Waals surface area contributed by atoms with Gasteiger partial charge in [0.25, 0.3) is 5.91 Å². The molecule has 2 aromatic carbocycles. The average molecular weight is 480 g/mol. The van der Waals surface area contributed by atoms with Gasteiger partial charge in [0.2, 0.25) is 10.0 Å². The molecule has 1 amide bonds. The Morgan fingerprint density at radius 2 is 1.97 bits per heavy atom. The molecule has 1 fully saturated rings. The molecule has 31 heavy (non-hydrogen) atoms. The maximum Gasteiger partial charge on any atom is 0.266 e. The van der Waals surface area contributed by atoms with E-state index in [4.69, 9.17) is 16.3 Å². The van der Waals surface area contributed by atoms with Crippen LogP contribution in [0.1, 0.15) is 12.8 Å². The summed E-state index contributed by atoms with van der Waals surface area (Å²) in [4.78, 5) is 18.2. The van der Waals surface area contributed by atoms with Crippen molar-refractivity contribution in [3.05, 3.63) is 58.4 Å². The van der Waals surface area contributed by atoms with Gasteiger partial charge in [-0.3, -0.25) is 4.79 Å². The number of methoxy groups -OCH3 is 1. The molecule has 7 nitrogen and oxygen atoms in total. The lowest BCUT2D eigenvalue weighted by molar-refractivity contribution is -0.121. The van der Waals surface area contributed by atoms with Gasteiger partial charge in [-0.25, -0.2) is 8.42 Å². The van der Waals surface area contributed by atoms with Gasteiger partial charge in [0.05, 0.1) is 21.7 Å². The summed E-state index contributed by atoms with van der Waals surface area (Å²) in [6.45, 7) is 1.31. The van der Waals surface area contributed by atoms with Gasteiger partial charge in [0.1, 0.15) is 6.04 Å². The van der Waals surface area contributed by atoms with Gasteiger partial charge in [-0.05, 0) is 49.2 Å². The van der Waals surface area contributed by atoms with Crippen molar-refractivity contribution in [1.82, 2.24) is 8.87 Å². The highest BCUT2D eigenvalue weighted by Crippen LogP contribution is 2.27. The first kappa shape index (κ1) is 22.2. The van der Waals surface area contributed by atoms with Crippen LogP contribution < -0.4 is 4.80 Å². The van der Waals surface area contributed by atoms with E-state index in [0.29, 0.717) is 35.8 Å². The first-order valence-corrected chi connectivity index (χ1v) is 12.5. The van der Waals surface area contributed by atoms with Crippen LogP contribution in [0.25, 0.3) is 10.2 Å². The maximum absolute atomic E-state index is 13.1. The monoisotopic (exact) mass is 479 g/mol. The van der Waals surface area contributed by atoms with Gasteiger partial charge in [0, 0.05) is 25.2 Å². The topological polar surface area (TPSA) is 81.0 Å². The number of benzene rings is 2. The van der Waals surface area contributed by atoms with Crippen LogP contribution in [0.5, 0.6) is 0 Å². The molecule has 1 atom stereocenters. The Kier molecular flexibility index (Phi) is 6.59. The van der Waals surface area contributed by atoms with Gasteiger partial charge in [-0.15, -0.1) is 0 Å². The van der Waals surface area contributed by atoms with E-state index in [1.165, 1.54) is 39.9 Å². The van der Waals surface area contributed by atoms with Gasteiger partial charge in [0.15, 0.2) is 4.80 Å². The van der Waals surface area contributed by atoms with Crippen LogP contribution in [-0.2, 0) is 26.1 Å². The van der Waals surface area contributed by atoms with Crippen LogP contribution in [0, 0.1) is 0 Å². The number of hydrogen-bond donors (Lipinski definition) is 0. The van der Waals surface area contributed by atoms with E-state index < -0.39 is 22.0 Å². The Balaban J connectivity index is 1.69. The van der Waals surface area contributed by atoms with E-state index in [-0.39, 0.29) is 11.4 Å². The second-order valence-electron chi connectivity index (χ2n) is 7.17. The summed E-state index contributed by atoms with van der Waals surface area (Å²) in [6.07, 6.45) is 1.05. The number of nitrogens with zero attached hydrogens (tertiary/aromatic N) is 3. The Morgan fingerprint density at radius 3 is 2.71 bits per heavy atom. The number of carbonyl (C=O) groups excluding carboxylic acids is 1. The second-order valence-corrected chi connectivity index (χ2v) is 10.5. The fraction of sp³-hybridized carbons (Fsp3) is 0.333. The molecule has 0 N–H and O–H groups in total. The first-order chi connectivity index (χ1) is 14.9. The molecule has 10 heteroatoms. The van der Waals surface area contributed by atoms with Crippen molar-refractivity contribution in [1.29, 1.82) is 0 Å². The van der Waals surface area contributed by atoms with Crippen molar-refractivity contribution in [2.75, 3.05) is 20.3 Å². The Bertz CT molecular complexity index is 1270. The third-order valence-corrected chi connectivity index (χ3v) is 8.46. The third-order valence-electron chi connectivity index (χ3n) is 5.22. The van der Waals surface area contributed by atoms with Gasteiger partial charge < -0.3 is 9.30 Å². The molecule has 1 aliphatic rings. The van der Waals surface area contributed by atoms with Crippen molar-refractivity contribution in [2.24, 2.45) is 4.99 Å². The minimum absolute atomic E-state index is 0.119. The van der Waals surface area contributed by atoms with Crippen molar-refractivity contribution in [3.63, 3.8) is 0 Å². The molecule has 0 aliphatic carbocycles. The van der Waals surface area contributed by atoms with E-state index in [1.54, 1.807) is 7.11 Å². The van der Waals surface area contributed by atoms with Crippen LogP contribution in [0.3, 0.4) is 0 Å². The largest absolute Gasteiger partial charge is 0.383 e. The molecule has 164 valence electrons. The molecule has 4 rings (SSSR count). The molecule has 1 aromatic heterocycles. The number of hydrogen-bond acceptors (Lipinski definition) is 5. The summed E-state index contributed by atoms with van der Waals surface area (Å²) >= 11 is 7.29. The Hall–Kier alpha value is -2.04. The number of carbonyl (C=O) groups is 1. The molecular formula is C21H22ClN3O4S2. The quantitative estimate of drug-likeness (QED) is 0.543. The standard InChI is InChI=1S/C21H22ClN3O4S2/c1-29-14-13-24-17-5-2-3-7-19(17)30-21(24)23-20(26)18-6-4-12-25(18)31(27,28)16-10-8-15(22)9-11-16/h2-3,5,7-11,18H,4,6,12-14H2,1H3. The summed E-state index contributed by atoms with van der Waals surface area (Å²) < 4.78 is 35.7. The number of sulfonamides is 1. The third kappa shape index (κ3) is 4.47. The molecule has 0 spiro atoms. The lowest BCUT2D eigenvalue weighted by Crippen LogP contribution is -2.40. The molecule has 1 unspecified atom stereocenters. The van der Waals surface area contributed by atoms with Gasteiger partial charge in [-0.2, -0.15) is 9.30 Å². The van der Waals surface area contributed by atoms with Crippen LogP contribution in [-0.4, -0.2) is 49.5 Å². The maximum atomic E-state index is 13.1. The molecule has 1 aliphatic heterocycles. The van der Waals surface area contributed by atoms with E-state index in [0.717, 1.165) is 10.2 Å². The van der Waals surface area contributed by atoms with Crippen LogP contribution in [0.4, 0.5) is 0 Å². The highest BCUT2D eigenvalue weighted by atomic mass is 35.5. The van der Waals surface area contributed by atoms with Crippen molar-refractivity contribution >= 4 is 49.1 Å². The predicted molar refractivity (Wildman–Crippen MR) is 121 cm³/mol. The highest BCUT2D eigenvalue weighted by Gasteiger charge is 2.39. The Morgan fingerprint density at radius 1 is 1.23 bits per heavy atom. The first-order valence-electron chi connectivity index (χ1n) is 9.85. The van der Waals surface area contributed by atoms with Gasteiger partial charge >= 0.3 is 0 Å². The van der Waals surface area contributed by atoms with Crippen LogP contribution in [0.15, 0.2) is 58.4 Å². The van der Waals surface area contributed by atoms with E-state index in [9.17, 15) is 13.2 Å². The smallest absolute Gasteiger partial charge is 0.266 e. The second kappa shape index (κ2) is 9.22.